The number of rotatable bonds is 4. The molecule has 4 heterocycles. The first-order chi connectivity index (χ1) is 17.2. The van der Waals surface area contributed by atoms with Gasteiger partial charge in [0.15, 0.2) is 0 Å². The molecule has 0 N–H and O–H groups in total. The SMILES string of the molecule is CC(C)c1cccnc1.CC(C)c1ccncc1.CC(C)c1ccncn1.CC(C)c1cncnc1. The van der Waals surface area contributed by atoms with Gasteiger partial charge in [-0.05, 0) is 64.6 Å². The highest BCUT2D eigenvalue weighted by Gasteiger charge is 1.97. The lowest BCUT2D eigenvalue weighted by molar-refractivity contribution is 0.814. The number of hydrogen-bond donors (Lipinski definition) is 0. The second-order valence-corrected chi connectivity index (χ2v) is 9.49. The molecule has 0 spiro atoms. The van der Waals surface area contributed by atoms with Crippen LogP contribution >= 0.6 is 0 Å². The third-order valence-electron chi connectivity index (χ3n) is 5.17. The van der Waals surface area contributed by atoms with Crippen LogP contribution in [0.2, 0.25) is 0 Å². The van der Waals surface area contributed by atoms with Crippen molar-refractivity contribution in [2.24, 2.45) is 0 Å². The summed E-state index contributed by atoms with van der Waals surface area (Å²) >= 11 is 0. The Kier molecular flexibility index (Phi) is 15.1. The van der Waals surface area contributed by atoms with Gasteiger partial charge in [0, 0.05) is 49.1 Å². The van der Waals surface area contributed by atoms with E-state index in [0.717, 1.165) is 5.69 Å². The van der Waals surface area contributed by atoms with E-state index in [1.165, 1.54) is 16.7 Å². The minimum atomic E-state index is 0.507. The van der Waals surface area contributed by atoms with E-state index in [9.17, 15) is 0 Å². The Balaban J connectivity index is 0.000000240. The average Bonchev–Trinajstić information content (AvgIpc) is 2.92. The van der Waals surface area contributed by atoms with Crippen LogP contribution in [-0.2, 0) is 0 Å². The van der Waals surface area contributed by atoms with Gasteiger partial charge < -0.3 is 0 Å². The molecule has 4 rings (SSSR count). The van der Waals surface area contributed by atoms with Gasteiger partial charge in [-0.15, -0.1) is 0 Å². The van der Waals surface area contributed by atoms with Gasteiger partial charge in [-0.1, -0.05) is 61.5 Å². The summed E-state index contributed by atoms with van der Waals surface area (Å²) in [5.41, 5.74) is 4.95. The maximum atomic E-state index is 4.07. The van der Waals surface area contributed by atoms with Gasteiger partial charge in [-0.25, -0.2) is 19.9 Å². The fraction of sp³-hybridized carbons (Fsp3) is 0.400. The predicted octanol–water partition coefficient (Wildman–Crippen LogP) is 7.61. The number of aromatic nitrogens is 6. The first-order valence-electron chi connectivity index (χ1n) is 12.5. The Morgan fingerprint density at radius 3 is 1.33 bits per heavy atom. The highest BCUT2D eigenvalue weighted by Crippen LogP contribution is 2.11. The van der Waals surface area contributed by atoms with Crippen molar-refractivity contribution in [3.63, 3.8) is 0 Å². The molecule has 0 bridgehead atoms. The van der Waals surface area contributed by atoms with Crippen LogP contribution in [0.5, 0.6) is 0 Å². The molecule has 0 aromatic carbocycles. The summed E-state index contributed by atoms with van der Waals surface area (Å²) < 4.78 is 0. The summed E-state index contributed by atoms with van der Waals surface area (Å²) in [5.74, 6) is 2.26. The standard InChI is InChI=1S/2C8H11N.2C7H10N2/c1-7(2)8-3-5-9-6-4-8;1-7(2)8-4-3-5-9-6-8;1-6(2)7-3-8-5-9-4-7;1-6(2)7-3-4-8-5-9-7/h2*3-7H,1-2H3;2*3-6H,1-2H3. The molecule has 0 fully saturated rings. The topological polar surface area (TPSA) is 77.3 Å². The van der Waals surface area contributed by atoms with Crippen LogP contribution in [0.1, 0.15) is 101 Å². The zero-order valence-electron chi connectivity index (χ0n) is 23.1. The smallest absolute Gasteiger partial charge is 0.115 e. The van der Waals surface area contributed by atoms with Crippen LogP contribution in [0.15, 0.2) is 86.4 Å². The molecule has 0 radical (unpaired) electrons. The molecule has 4 aromatic rings. The lowest BCUT2D eigenvalue weighted by atomic mass is 10.1. The van der Waals surface area contributed by atoms with Crippen molar-refractivity contribution in [1.29, 1.82) is 0 Å². The molecule has 0 aliphatic heterocycles. The van der Waals surface area contributed by atoms with E-state index in [2.05, 4.69) is 91.4 Å². The van der Waals surface area contributed by atoms with E-state index in [1.54, 1.807) is 25.0 Å². The van der Waals surface area contributed by atoms with Gasteiger partial charge in [0.2, 0.25) is 0 Å². The molecule has 0 saturated heterocycles. The lowest BCUT2D eigenvalue weighted by Gasteiger charge is -2.01. The summed E-state index contributed by atoms with van der Waals surface area (Å²) in [6, 6.07) is 10.1. The average molecular weight is 487 g/mol. The molecule has 0 atom stereocenters. The molecular weight excluding hydrogens is 444 g/mol. The van der Waals surface area contributed by atoms with Crippen molar-refractivity contribution >= 4 is 0 Å². The predicted molar refractivity (Wildman–Crippen MR) is 149 cm³/mol. The minimum Gasteiger partial charge on any atom is -0.265 e. The Morgan fingerprint density at radius 2 is 1.00 bits per heavy atom. The Bertz CT molecular complexity index is 848. The van der Waals surface area contributed by atoms with Gasteiger partial charge in [0.25, 0.3) is 0 Å². The van der Waals surface area contributed by atoms with E-state index in [0.29, 0.717) is 23.7 Å². The van der Waals surface area contributed by atoms with Crippen LogP contribution in [0.4, 0.5) is 0 Å². The molecule has 0 aliphatic carbocycles. The van der Waals surface area contributed by atoms with E-state index in [4.69, 9.17) is 0 Å². The third-order valence-corrected chi connectivity index (χ3v) is 5.17. The molecule has 0 amide bonds. The second-order valence-electron chi connectivity index (χ2n) is 9.49. The maximum absolute atomic E-state index is 4.07. The zero-order valence-corrected chi connectivity index (χ0v) is 23.1. The molecule has 6 nitrogen and oxygen atoms in total. The first-order valence-corrected chi connectivity index (χ1v) is 12.5. The molecule has 0 aliphatic rings. The first kappa shape index (κ1) is 30.5. The molecule has 36 heavy (non-hydrogen) atoms. The van der Waals surface area contributed by atoms with Crippen LogP contribution in [0, 0.1) is 0 Å². The van der Waals surface area contributed by atoms with Gasteiger partial charge >= 0.3 is 0 Å². The van der Waals surface area contributed by atoms with Gasteiger partial charge in [-0.2, -0.15) is 0 Å². The van der Waals surface area contributed by atoms with E-state index >= 15 is 0 Å². The zero-order chi connectivity index (χ0) is 26.8. The molecule has 4 aromatic heterocycles. The molecular formula is C30H42N6. The molecule has 6 heteroatoms. The fourth-order valence-corrected chi connectivity index (χ4v) is 2.72. The minimum absolute atomic E-state index is 0.507. The van der Waals surface area contributed by atoms with E-state index in [-0.39, 0.29) is 0 Å². The summed E-state index contributed by atoms with van der Waals surface area (Å²) in [7, 11) is 0. The summed E-state index contributed by atoms with van der Waals surface area (Å²) in [4.78, 5) is 23.6. The highest BCUT2D eigenvalue weighted by atomic mass is 14.8. The van der Waals surface area contributed by atoms with Crippen molar-refractivity contribution in [2.45, 2.75) is 79.1 Å². The molecule has 192 valence electrons. The van der Waals surface area contributed by atoms with E-state index in [1.807, 2.05) is 55.2 Å². The largest absolute Gasteiger partial charge is 0.265 e. The van der Waals surface area contributed by atoms with Gasteiger partial charge in [0.05, 0.1) is 0 Å². The third kappa shape index (κ3) is 13.4. The highest BCUT2D eigenvalue weighted by molar-refractivity contribution is 5.13. The van der Waals surface area contributed by atoms with Gasteiger partial charge in [-0.3, -0.25) is 9.97 Å². The number of pyridine rings is 2. The van der Waals surface area contributed by atoms with Crippen LogP contribution in [-0.4, -0.2) is 29.9 Å². The van der Waals surface area contributed by atoms with Crippen LogP contribution in [0.25, 0.3) is 0 Å². The summed E-state index contributed by atoms with van der Waals surface area (Å²) in [5, 5.41) is 0. The van der Waals surface area contributed by atoms with E-state index < -0.39 is 0 Å². The Hall–Kier alpha value is -3.54. The monoisotopic (exact) mass is 486 g/mol. The number of hydrogen-bond acceptors (Lipinski definition) is 6. The quantitative estimate of drug-likeness (QED) is 0.295. The van der Waals surface area contributed by atoms with Crippen LogP contribution in [0.3, 0.4) is 0 Å². The van der Waals surface area contributed by atoms with Crippen molar-refractivity contribution in [2.75, 3.05) is 0 Å². The number of nitrogens with zero attached hydrogens (tertiary/aromatic N) is 6. The van der Waals surface area contributed by atoms with Gasteiger partial charge in [0.1, 0.15) is 12.7 Å². The molecule has 0 saturated carbocycles. The normalized spacial score (nSPS) is 10.1. The van der Waals surface area contributed by atoms with Crippen molar-refractivity contribution in [1.82, 2.24) is 29.9 Å². The Morgan fingerprint density at radius 1 is 0.444 bits per heavy atom. The van der Waals surface area contributed by atoms with Crippen molar-refractivity contribution in [3.05, 3.63) is 109 Å². The summed E-state index contributed by atoms with van der Waals surface area (Å²) in [6.07, 6.45) is 15.9. The van der Waals surface area contributed by atoms with Crippen LogP contribution < -0.4 is 0 Å². The lowest BCUT2D eigenvalue weighted by Crippen LogP contribution is -1.90. The fourth-order valence-electron chi connectivity index (χ4n) is 2.72. The summed E-state index contributed by atoms with van der Waals surface area (Å²) in [6.45, 7) is 17.2. The Labute approximate surface area is 217 Å². The maximum Gasteiger partial charge on any atom is 0.115 e. The van der Waals surface area contributed by atoms with Crippen molar-refractivity contribution in [3.8, 4) is 0 Å². The van der Waals surface area contributed by atoms with Crippen molar-refractivity contribution < 1.29 is 0 Å². The second kappa shape index (κ2) is 17.8. The molecule has 0 unspecified atom stereocenters.